The number of carbonyl (C=O) groups excluding carboxylic acids is 1. The number of aromatic nitrogens is 2. The van der Waals surface area contributed by atoms with Crippen molar-refractivity contribution in [3.63, 3.8) is 0 Å². The van der Waals surface area contributed by atoms with Crippen LogP contribution >= 0.6 is 0 Å². The number of amides is 1. The van der Waals surface area contributed by atoms with Gasteiger partial charge < -0.3 is 28.7 Å². The van der Waals surface area contributed by atoms with E-state index in [1.807, 2.05) is 43.5 Å². The van der Waals surface area contributed by atoms with Crippen LogP contribution in [0.2, 0.25) is 0 Å². The van der Waals surface area contributed by atoms with Crippen LogP contribution in [0.15, 0.2) is 18.7 Å². The van der Waals surface area contributed by atoms with Gasteiger partial charge in [-0.15, -0.1) is 0 Å². The molecule has 1 aromatic heterocycles. The number of rotatable bonds is 0. The minimum absolute atomic E-state index is 0. The van der Waals surface area contributed by atoms with Gasteiger partial charge in [-0.2, -0.15) is 4.57 Å². The zero-order chi connectivity index (χ0) is 12.6. The third-order valence-electron chi connectivity index (χ3n) is 2.83. The number of hydrogen-bond acceptors (Lipinski definition) is 2. The second-order valence-corrected chi connectivity index (χ2v) is 5.34. The van der Waals surface area contributed by atoms with Crippen molar-refractivity contribution in [2.45, 2.75) is 32.5 Å². The van der Waals surface area contributed by atoms with E-state index < -0.39 is 0 Å². The normalized spacial score (nSPS) is 22.4. The summed E-state index contributed by atoms with van der Waals surface area (Å²) in [6.45, 7) is 7.29. The smallest absolute Gasteiger partial charge is 0.415 e. The van der Waals surface area contributed by atoms with Gasteiger partial charge >= 0.3 is 6.03 Å². The molecule has 1 aromatic rings. The quantitative estimate of drug-likeness (QED) is 0.386. The lowest BCUT2D eigenvalue weighted by molar-refractivity contribution is -0.670. The molecule has 1 unspecified atom stereocenters. The summed E-state index contributed by atoms with van der Waals surface area (Å²) >= 11 is 0. The van der Waals surface area contributed by atoms with Crippen LogP contribution in [0.5, 0.6) is 0 Å². The van der Waals surface area contributed by atoms with Crippen molar-refractivity contribution in [3.8, 4) is 0 Å². The molecule has 1 saturated heterocycles. The van der Waals surface area contributed by atoms with E-state index in [-0.39, 0.29) is 41.7 Å². The summed E-state index contributed by atoms with van der Waals surface area (Å²) in [5, 5.41) is 0. The fourth-order valence-corrected chi connectivity index (χ4v) is 2.33. The molecule has 0 aliphatic carbocycles. The number of hydrogen-bond donors (Lipinski definition) is 0. The molecule has 1 fully saturated rings. The molecular weight excluding hydrogens is 345 g/mol. The second-order valence-electron chi connectivity index (χ2n) is 5.34. The van der Waals surface area contributed by atoms with E-state index in [4.69, 9.17) is 4.74 Å². The maximum atomic E-state index is 12.3. The van der Waals surface area contributed by atoms with E-state index in [1.54, 1.807) is 17.1 Å². The van der Waals surface area contributed by atoms with Gasteiger partial charge in [0, 0.05) is 0 Å². The summed E-state index contributed by atoms with van der Waals surface area (Å²) in [5.74, 6) is 0. The van der Waals surface area contributed by atoms with Gasteiger partial charge in [0.15, 0.2) is 0 Å². The van der Waals surface area contributed by atoms with Crippen LogP contribution in [-0.4, -0.2) is 40.3 Å². The molecular formula is C12H20IN3O2. The van der Waals surface area contributed by atoms with Gasteiger partial charge in [-0.1, -0.05) is 0 Å². The Bertz CT molecular complexity index is 431. The predicted molar refractivity (Wildman–Crippen MR) is 62.6 cm³/mol. The minimum Gasteiger partial charge on any atom is -1.00 e. The highest BCUT2D eigenvalue weighted by atomic mass is 127. The van der Waals surface area contributed by atoms with Crippen LogP contribution in [0.25, 0.3) is 0 Å². The molecule has 0 aromatic carbocycles. The molecule has 102 valence electrons. The Kier molecular flexibility index (Phi) is 4.77. The number of imidazole rings is 1. The molecule has 5 nitrogen and oxygen atoms in total. The van der Waals surface area contributed by atoms with Crippen LogP contribution in [0.1, 0.15) is 20.8 Å². The van der Waals surface area contributed by atoms with E-state index in [9.17, 15) is 4.79 Å². The number of carbonyl (C=O) groups is 1. The van der Waals surface area contributed by atoms with E-state index in [1.165, 1.54) is 0 Å². The Morgan fingerprint density at radius 2 is 2.17 bits per heavy atom. The Labute approximate surface area is 125 Å². The summed E-state index contributed by atoms with van der Waals surface area (Å²) in [6, 6.07) is 0.00817. The topological polar surface area (TPSA) is 38.4 Å². The standard InChI is InChI=1S/C12H20N3O2.HI/c1-10-7-15(8-12(2,3)17-10)11(16)14-6-5-13(4)9-14;/h5-6,9-10H,7-8H2,1-4H3;1H/q+1;/p-1. The zero-order valence-corrected chi connectivity index (χ0v) is 13.4. The second kappa shape index (κ2) is 5.56. The number of ether oxygens (including phenoxy) is 1. The van der Waals surface area contributed by atoms with Crippen LogP contribution < -0.4 is 28.5 Å². The summed E-state index contributed by atoms with van der Waals surface area (Å²) in [5.41, 5.74) is -0.275. The predicted octanol–water partition coefficient (Wildman–Crippen LogP) is -2.22. The van der Waals surface area contributed by atoms with Gasteiger partial charge in [0.25, 0.3) is 6.33 Å². The monoisotopic (exact) mass is 365 g/mol. The summed E-state index contributed by atoms with van der Waals surface area (Å²) in [4.78, 5) is 14.1. The molecule has 0 spiro atoms. The average molecular weight is 365 g/mol. The number of morpholine rings is 1. The van der Waals surface area contributed by atoms with E-state index in [2.05, 4.69) is 0 Å². The van der Waals surface area contributed by atoms with Crippen LogP contribution in [0.4, 0.5) is 4.79 Å². The highest BCUT2D eigenvalue weighted by Gasteiger charge is 2.35. The fraction of sp³-hybridized carbons (Fsp3) is 0.667. The van der Waals surface area contributed by atoms with Crippen molar-refractivity contribution in [2.75, 3.05) is 13.1 Å². The molecule has 1 atom stereocenters. The highest BCUT2D eigenvalue weighted by Crippen LogP contribution is 2.21. The third-order valence-corrected chi connectivity index (χ3v) is 2.83. The van der Waals surface area contributed by atoms with E-state index in [0.717, 1.165) is 0 Å². The van der Waals surface area contributed by atoms with E-state index in [0.29, 0.717) is 13.1 Å². The van der Waals surface area contributed by atoms with Crippen molar-refractivity contribution in [3.05, 3.63) is 18.7 Å². The largest absolute Gasteiger partial charge is 1.00 e. The van der Waals surface area contributed by atoms with Gasteiger partial charge in [-0.05, 0) is 20.8 Å². The lowest BCUT2D eigenvalue weighted by Gasteiger charge is -2.40. The Morgan fingerprint density at radius 1 is 1.50 bits per heavy atom. The van der Waals surface area contributed by atoms with Gasteiger partial charge in [0.2, 0.25) is 0 Å². The average Bonchev–Trinajstić information content (AvgIpc) is 2.60. The highest BCUT2D eigenvalue weighted by molar-refractivity contribution is 5.76. The summed E-state index contributed by atoms with van der Waals surface area (Å²) < 4.78 is 9.25. The first-order chi connectivity index (χ1) is 7.87. The molecule has 2 rings (SSSR count). The SMILES string of the molecule is CC1CN(C(=O)n2cc[n+](C)c2)CC(C)(C)O1.[I-]. The summed E-state index contributed by atoms with van der Waals surface area (Å²) in [6.07, 6.45) is 5.48. The van der Waals surface area contributed by atoms with E-state index >= 15 is 0 Å². The van der Waals surface area contributed by atoms with Crippen LogP contribution in [-0.2, 0) is 11.8 Å². The first-order valence-corrected chi connectivity index (χ1v) is 5.88. The Balaban J connectivity index is 0.00000162. The molecule has 18 heavy (non-hydrogen) atoms. The lowest BCUT2D eigenvalue weighted by atomic mass is 10.1. The maximum absolute atomic E-state index is 12.3. The molecule has 1 aliphatic rings. The van der Waals surface area contributed by atoms with Crippen molar-refractivity contribution in [1.29, 1.82) is 0 Å². The van der Waals surface area contributed by atoms with Gasteiger partial charge in [0.1, 0.15) is 12.4 Å². The molecule has 0 N–H and O–H groups in total. The molecule has 1 aliphatic heterocycles. The molecule has 0 saturated carbocycles. The number of halogens is 1. The lowest BCUT2D eigenvalue weighted by Crippen LogP contribution is -3.00. The maximum Gasteiger partial charge on any atom is 0.415 e. The van der Waals surface area contributed by atoms with Crippen molar-refractivity contribution < 1.29 is 38.1 Å². The fourth-order valence-electron chi connectivity index (χ4n) is 2.33. The number of nitrogens with zero attached hydrogens (tertiary/aromatic N) is 3. The first kappa shape index (κ1) is 15.4. The molecule has 6 heteroatoms. The third kappa shape index (κ3) is 3.44. The zero-order valence-electron chi connectivity index (χ0n) is 11.3. The minimum atomic E-state index is -0.275. The molecule has 2 heterocycles. The van der Waals surface area contributed by atoms with Crippen molar-refractivity contribution in [1.82, 2.24) is 9.47 Å². The van der Waals surface area contributed by atoms with Gasteiger partial charge in [-0.25, -0.2) is 9.36 Å². The van der Waals surface area contributed by atoms with Gasteiger partial charge in [0.05, 0.1) is 31.8 Å². The van der Waals surface area contributed by atoms with Crippen molar-refractivity contribution >= 4 is 6.03 Å². The molecule has 1 amide bonds. The van der Waals surface area contributed by atoms with Crippen LogP contribution in [0, 0.1) is 0 Å². The van der Waals surface area contributed by atoms with Crippen molar-refractivity contribution in [2.24, 2.45) is 7.05 Å². The Hall–Kier alpha value is -0.630. The van der Waals surface area contributed by atoms with Gasteiger partial charge in [-0.3, -0.25) is 4.90 Å². The Morgan fingerprint density at radius 3 is 2.67 bits per heavy atom. The number of aryl methyl sites for hydroxylation is 1. The van der Waals surface area contributed by atoms with Crippen LogP contribution in [0.3, 0.4) is 0 Å². The molecule has 0 radical (unpaired) electrons. The summed E-state index contributed by atoms with van der Waals surface area (Å²) in [7, 11) is 1.90. The first-order valence-electron chi connectivity index (χ1n) is 5.88. The molecule has 0 bridgehead atoms.